The zero-order valence-corrected chi connectivity index (χ0v) is 12.5. The van der Waals surface area contributed by atoms with Gasteiger partial charge < -0.3 is 14.8 Å². The van der Waals surface area contributed by atoms with E-state index in [2.05, 4.69) is 23.9 Å². The minimum atomic E-state index is -4.33. The Kier molecular flexibility index (Phi) is 6.98. The van der Waals surface area contributed by atoms with E-state index in [9.17, 15) is 13.2 Å². The van der Waals surface area contributed by atoms with Gasteiger partial charge in [0, 0.05) is 12.6 Å². The minimum absolute atomic E-state index is 0.0873. The summed E-state index contributed by atoms with van der Waals surface area (Å²) < 4.78 is 46.6. The summed E-state index contributed by atoms with van der Waals surface area (Å²) in [6.07, 6.45) is -6.10. The van der Waals surface area contributed by atoms with Crippen molar-refractivity contribution in [3.8, 4) is 5.75 Å². The summed E-state index contributed by atoms with van der Waals surface area (Å²) in [7, 11) is 0. The largest absolute Gasteiger partial charge is 0.491 e. The number of hydrogen-bond acceptors (Lipinski definition) is 3. The second-order valence-corrected chi connectivity index (χ2v) is 5.08. The molecule has 0 aliphatic heterocycles. The standard InChI is InChI=1S/C15H22F3NO2/c1-11(2)19-10-13-4-6-14(7-5-13)21-9-8-20-12(3)15(16,17)18/h4-7,11-12,19H,8-10H2,1-3H3. The molecule has 0 amide bonds. The van der Waals surface area contributed by atoms with Crippen LogP contribution in [0.5, 0.6) is 5.75 Å². The van der Waals surface area contributed by atoms with Crippen LogP contribution in [0, 0.1) is 0 Å². The van der Waals surface area contributed by atoms with E-state index in [0.29, 0.717) is 11.8 Å². The van der Waals surface area contributed by atoms with E-state index >= 15 is 0 Å². The van der Waals surface area contributed by atoms with Crippen molar-refractivity contribution in [2.24, 2.45) is 0 Å². The molecule has 0 spiro atoms. The van der Waals surface area contributed by atoms with E-state index in [1.54, 1.807) is 12.1 Å². The Balaban J connectivity index is 2.27. The average Bonchev–Trinajstić information content (AvgIpc) is 2.41. The summed E-state index contributed by atoms with van der Waals surface area (Å²) in [4.78, 5) is 0. The quantitative estimate of drug-likeness (QED) is 0.745. The summed E-state index contributed by atoms with van der Waals surface area (Å²) in [5.74, 6) is 0.617. The van der Waals surface area contributed by atoms with Crippen LogP contribution in [-0.2, 0) is 11.3 Å². The zero-order chi connectivity index (χ0) is 15.9. The topological polar surface area (TPSA) is 30.5 Å². The van der Waals surface area contributed by atoms with E-state index in [1.165, 1.54) is 0 Å². The maximum Gasteiger partial charge on any atom is 0.414 e. The van der Waals surface area contributed by atoms with Gasteiger partial charge in [-0.25, -0.2) is 0 Å². The van der Waals surface area contributed by atoms with E-state index in [0.717, 1.165) is 19.0 Å². The van der Waals surface area contributed by atoms with Crippen LogP contribution in [0.3, 0.4) is 0 Å². The monoisotopic (exact) mass is 305 g/mol. The second-order valence-electron chi connectivity index (χ2n) is 5.08. The minimum Gasteiger partial charge on any atom is -0.491 e. The van der Waals surface area contributed by atoms with Gasteiger partial charge in [-0.2, -0.15) is 13.2 Å². The number of rotatable bonds is 8. The summed E-state index contributed by atoms with van der Waals surface area (Å²) >= 11 is 0. The lowest BCUT2D eigenvalue weighted by molar-refractivity contribution is -0.215. The summed E-state index contributed by atoms with van der Waals surface area (Å²) in [6, 6.07) is 7.84. The first kappa shape index (κ1) is 17.8. The summed E-state index contributed by atoms with van der Waals surface area (Å²) in [5, 5.41) is 3.29. The van der Waals surface area contributed by atoms with Crippen LogP contribution in [0.1, 0.15) is 26.3 Å². The van der Waals surface area contributed by atoms with Crippen molar-refractivity contribution in [2.45, 2.75) is 45.6 Å². The lowest BCUT2D eigenvalue weighted by atomic mass is 10.2. The average molecular weight is 305 g/mol. The van der Waals surface area contributed by atoms with Gasteiger partial charge in [0.2, 0.25) is 0 Å². The molecule has 1 rings (SSSR count). The van der Waals surface area contributed by atoms with Crippen molar-refractivity contribution in [3.63, 3.8) is 0 Å². The highest BCUT2D eigenvalue weighted by atomic mass is 19.4. The van der Waals surface area contributed by atoms with Crippen molar-refractivity contribution < 1.29 is 22.6 Å². The van der Waals surface area contributed by atoms with Crippen LogP contribution in [-0.4, -0.2) is 31.5 Å². The molecule has 1 unspecified atom stereocenters. The van der Waals surface area contributed by atoms with Crippen LogP contribution in [0.4, 0.5) is 13.2 Å². The molecule has 0 aromatic heterocycles. The molecule has 21 heavy (non-hydrogen) atoms. The molecule has 0 bridgehead atoms. The maximum absolute atomic E-state index is 12.2. The highest BCUT2D eigenvalue weighted by Gasteiger charge is 2.36. The number of hydrogen-bond donors (Lipinski definition) is 1. The molecule has 120 valence electrons. The molecule has 0 fully saturated rings. The van der Waals surface area contributed by atoms with Gasteiger partial charge in [0.05, 0.1) is 6.61 Å². The van der Waals surface area contributed by atoms with Crippen molar-refractivity contribution in [1.29, 1.82) is 0 Å². The van der Waals surface area contributed by atoms with Gasteiger partial charge in [0.25, 0.3) is 0 Å². The number of ether oxygens (including phenoxy) is 2. The van der Waals surface area contributed by atoms with Gasteiger partial charge in [-0.3, -0.25) is 0 Å². The van der Waals surface area contributed by atoms with E-state index in [1.807, 2.05) is 12.1 Å². The van der Waals surface area contributed by atoms with Crippen molar-refractivity contribution in [2.75, 3.05) is 13.2 Å². The molecule has 1 aromatic rings. The smallest absolute Gasteiger partial charge is 0.414 e. The maximum atomic E-state index is 12.2. The number of alkyl halides is 3. The van der Waals surface area contributed by atoms with Gasteiger partial charge in [-0.15, -0.1) is 0 Å². The first-order valence-corrected chi connectivity index (χ1v) is 6.92. The number of benzene rings is 1. The molecule has 0 radical (unpaired) electrons. The second kappa shape index (κ2) is 8.24. The molecule has 6 heteroatoms. The predicted molar refractivity (Wildman–Crippen MR) is 75.4 cm³/mol. The van der Waals surface area contributed by atoms with E-state index in [4.69, 9.17) is 4.74 Å². The van der Waals surface area contributed by atoms with Gasteiger partial charge >= 0.3 is 6.18 Å². The van der Waals surface area contributed by atoms with Crippen molar-refractivity contribution in [3.05, 3.63) is 29.8 Å². The molecular weight excluding hydrogens is 283 g/mol. The lowest BCUT2D eigenvalue weighted by Gasteiger charge is -2.16. The lowest BCUT2D eigenvalue weighted by Crippen LogP contribution is -2.29. The predicted octanol–water partition coefficient (Wildman–Crippen LogP) is 3.53. The van der Waals surface area contributed by atoms with Gasteiger partial charge in [0.1, 0.15) is 12.4 Å². The summed E-state index contributed by atoms with van der Waals surface area (Å²) in [5.41, 5.74) is 1.12. The Hall–Kier alpha value is -1.27. The molecule has 1 atom stereocenters. The molecule has 0 saturated heterocycles. The molecule has 0 saturated carbocycles. The fourth-order valence-corrected chi connectivity index (χ4v) is 1.50. The first-order valence-electron chi connectivity index (χ1n) is 6.92. The van der Waals surface area contributed by atoms with Crippen LogP contribution in [0.15, 0.2) is 24.3 Å². The van der Waals surface area contributed by atoms with Crippen LogP contribution < -0.4 is 10.1 Å². The van der Waals surface area contributed by atoms with Gasteiger partial charge in [-0.1, -0.05) is 26.0 Å². The fraction of sp³-hybridized carbons (Fsp3) is 0.600. The third kappa shape index (κ3) is 7.34. The molecule has 0 heterocycles. The molecule has 0 aliphatic rings. The fourth-order valence-electron chi connectivity index (χ4n) is 1.50. The Labute approximate surface area is 123 Å². The van der Waals surface area contributed by atoms with Crippen LogP contribution in [0.2, 0.25) is 0 Å². The van der Waals surface area contributed by atoms with Gasteiger partial charge in [0.15, 0.2) is 6.10 Å². The molecular formula is C15H22F3NO2. The summed E-state index contributed by atoms with van der Waals surface area (Å²) in [6.45, 7) is 5.88. The Morgan fingerprint density at radius 2 is 1.67 bits per heavy atom. The Morgan fingerprint density at radius 1 is 1.05 bits per heavy atom. The molecule has 0 aliphatic carbocycles. The number of halogens is 3. The highest BCUT2D eigenvalue weighted by molar-refractivity contribution is 5.27. The van der Waals surface area contributed by atoms with Crippen LogP contribution >= 0.6 is 0 Å². The number of nitrogens with one attached hydrogen (secondary N) is 1. The molecule has 3 nitrogen and oxygen atoms in total. The first-order chi connectivity index (χ1) is 9.79. The zero-order valence-electron chi connectivity index (χ0n) is 12.5. The molecule has 1 N–H and O–H groups in total. The van der Waals surface area contributed by atoms with E-state index in [-0.39, 0.29) is 13.2 Å². The third-order valence-corrected chi connectivity index (χ3v) is 2.82. The Morgan fingerprint density at radius 3 is 2.19 bits per heavy atom. The van der Waals surface area contributed by atoms with Crippen LogP contribution in [0.25, 0.3) is 0 Å². The van der Waals surface area contributed by atoms with Crippen molar-refractivity contribution in [1.82, 2.24) is 5.32 Å². The van der Waals surface area contributed by atoms with E-state index < -0.39 is 12.3 Å². The molecule has 1 aromatic carbocycles. The highest BCUT2D eigenvalue weighted by Crippen LogP contribution is 2.22. The normalized spacial score (nSPS) is 13.5. The Bertz CT molecular complexity index is 404. The van der Waals surface area contributed by atoms with Gasteiger partial charge in [-0.05, 0) is 24.6 Å². The third-order valence-electron chi connectivity index (χ3n) is 2.82. The SMILES string of the molecule is CC(C)NCc1ccc(OCCOC(C)C(F)(F)F)cc1. The van der Waals surface area contributed by atoms with Crippen molar-refractivity contribution >= 4 is 0 Å².